The number of sulfonamides is 1. The van der Waals surface area contributed by atoms with Crippen LogP contribution in [0.4, 0.5) is 0 Å². The van der Waals surface area contributed by atoms with E-state index in [0.29, 0.717) is 18.9 Å². The van der Waals surface area contributed by atoms with E-state index in [1.54, 1.807) is 12.1 Å². The van der Waals surface area contributed by atoms with Crippen molar-refractivity contribution in [2.24, 2.45) is 5.14 Å². The molecule has 2 N–H and O–H groups in total. The zero-order valence-electron chi connectivity index (χ0n) is 20.5. The minimum Gasteiger partial charge on any atom is -0.461 e. The number of carbonyl (C=O) groups excluding carboxylic acids is 1. The third-order valence-corrected chi connectivity index (χ3v) is 6.91. The van der Waals surface area contributed by atoms with E-state index in [1.165, 1.54) is 30.4 Å². The van der Waals surface area contributed by atoms with Gasteiger partial charge in [-0.1, -0.05) is 86.7 Å². The Balaban J connectivity index is 1.72. The molecule has 2 rings (SSSR count). The van der Waals surface area contributed by atoms with Crippen molar-refractivity contribution in [2.75, 3.05) is 0 Å². The van der Waals surface area contributed by atoms with Gasteiger partial charge in [0, 0.05) is 0 Å². The van der Waals surface area contributed by atoms with Crippen LogP contribution in [0.1, 0.15) is 87.3 Å². The van der Waals surface area contributed by atoms with Gasteiger partial charge in [-0.3, -0.25) is 4.79 Å². The Kier molecular flexibility index (Phi) is 12.1. The van der Waals surface area contributed by atoms with Gasteiger partial charge in [-0.25, -0.2) is 13.6 Å². The second kappa shape index (κ2) is 14.7. The number of esters is 1. The summed E-state index contributed by atoms with van der Waals surface area (Å²) < 4.78 is 28.4. The van der Waals surface area contributed by atoms with E-state index in [0.717, 1.165) is 37.7 Å². The highest BCUT2D eigenvalue weighted by Gasteiger charge is 2.13. The van der Waals surface area contributed by atoms with Gasteiger partial charge in [-0.05, 0) is 61.8 Å². The number of allylic oxidation sites excluding steroid dienone is 1. The first-order valence-electron chi connectivity index (χ1n) is 12.3. The second-order valence-corrected chi connectivity index (χ2v) is 10.5. The fourth-order valence-electron chi connectivity index (χ4n) is 3.91. The molecule has 0 saturated carbocycles. The predicted molar refractivity (Wildman–Crippen MR) is 138 cm³/mol. The molecule has 0 aliphatic carbocycles. The Labute approximate surface area is 205 Å². The van der Waals surface area contributed by atoms with E-state index >= 15 is 0 Å². The predicted octanol–water partition coefficient (Wildman–Crippen LogP) is 6.56. The lowest BCUT2D eigenvalue weighted by Gasteiger charge is -2.17. The molecular weight excluding hydrogens is 446 g/mol. The maximum absolute atomic E-state index is 11.9. The average Bonchev–Trinajstić information content (AvgIpc) is 2.81. The summed E-state index contributed by atoms with van der Waals surface area (Å²) in [5.41, 5.74) is 3.36. The normalized spacial score (nSPS) is 12.7. The summed E-state index contributed by atoms with van der Waals surface area (Å²) in [6, 6.07) is 15.0. The molecule has 5 nitrogen and oxygen atoms in total. The zero-order valence-corrected chi connectivity index (χ0v) is 21.4. The molecular formula is C28H39NO4S. The summed E-state index contributed by atoms with van der Waals surface area (Å²) in [4.78, 5) is 12.1. The summed E-state index contributed by atoms with van der Waals surface area (Å²) >= 11 is 0. The van der Waals surface area contributed by atoms with Crippen LogP contribution in [0.5, 0.6) is 0 Å². The molecule has 0 aromatic heterocycles. The number of rotatable bonds is 15. The van der Waals surface area contributed by atoms with Gasteiger partial charge < -0.3 is 4.74 Å². The van der Waals surface area contributed by atoms with Crippen molar-refractivity contribution in [3.05, 3.63) is 77.4 Å². The van der Waals surface area contributed by atoms with Gasteiger partial charge in [0.2, 0.25) is 10.0 Å². The van der Waals surface area contributed by atoms with Crippen molar-refractivity contribution in [2.45, 2.75) is 89.1 Å². The fourth-order valence-corrected chi connectivity index (χ4v) is 4.42. The first-order chi connectivity index (χ1) is 16.3. The number of benzene rings is 2. The molecule has 34 heavy (non-hydrogen) atoms. The standard InChI is InChI=1S/C28H39NO4S/c1-3-4-8-11-25(26-18-20-27(21-19-26)34(29,31)32)12-9-6-5-7-10-13-28(30)33-22-24-16-14-23(2)15-17-24/h7,10,14-21,25H,3-6,8-9,11-13,22H2,1-2H3,(H2,29,31,32)/b10-7+. The first-order valence-corrected chi connectivity index (χ1v) is 13.8. The largest absolute Gasteiger partial charge is 0.461 e. The smallest absolute Gasteiger partial charge is 0.309 e. The number of primary sulfonamides is 1. The Hall–Kier alpha value is -2.44. The Morgan fingerprint density at radius 3 is 2.21 bits per heavy atom. The SMILES string of the molecule is CCCCCC(CCCC/C=C/CC(=O)OCc1ccc(C)cc1)c1ccc(S(N)(=O)=O)cc1. The maximum atomic E-state index is 11.9. The van der Waals surface area contributed by atoms with Gasteiger partial charge in [0.15, 0.2) is 0 Å². The number of aryl methyl sites for hydroxylation is 1. The molecule has 0 aliphatic heterocycles. The highest BCUT2D eigenvalue weighted by Crippen LogP contribution is 2.29. The molecule has 2 aromatic rings. The van der Waals surface area contributed by atoms with Crippen LogP contribution in [0.3, 0.4) is 0 Å². The first kappa shape index (κ1) is 27.8. The van der Waals surface area contributed by atoms with Gasteiger partial charge in [-0.15, -0.1) is 0 Å². The number of unbranched alkanes of at least 4 members (excludes halogenated alkanes) is 4. The van der Waals surface area contributed by atoms with Gasteiger partial charge in [-0.2, -0.15) is 0 Å². The van der Waals surface area contributed by atoms with Crippen LogP contribution in [0, 0.1) is 6.92 Å². The molecule has 1 unspecified atom stereocenters. The van der Waals surface area contributed by atoms with Crippen molar-refractivity contribution < 1.29 is 17.9 Å². The Bertz CT molecular complexity index is 996. The molecule has 0 spiro atoms. The molecule has 0 fully saturated rings. The summed E-state index contributed by atoms with van der Waals surface area (Å²) in [6.07, 6.45) is 13.0. The lowest BCUT2D eigenvalue weighted by molar-refractivity contribution is -0.143. The van der Waals surface area contributed by atoms with Crippen LogP contribution < -0.4 is 5.14 Å². The topological polar surface area (TPSA) is 86.5 Å². The van der Waals surface area contributed by atoms with Crippen LogP contribution >= 0.6 is 0 Å². The fraction of sp³-hybridized carbons (Fsp3) is 0.464. The summed E-state index contributed by atoms with van der Waals surface area (Å²) in [5, 5.41) is 5.22. The number of hydrogen-bond donors (Lipinski definition) is 1. The molecule has 0 bridgehead atoms. The lowest BCUT2D eigenvalue weighted by atomic mass is 9.88. The van der Waals surface area contributed by atoms with Gasteiger partial charge >= 0.3 is 5.97 Å². The Morgan fingerprint density at radius 1 is 0.941 bits per heavy atom. The molecule has 0 aliphatic rings. The molecule has 2 aromatic carbocycles. The van der Waals surface area contributed by atoms with Gasteiger partial charge in [0.05, 0.1) is 11.3 Å². The van der Waals surface area contributed by atoms with Crippen LogP contribution in [-0.4, -0.2) is 14.4 Å². The maximum Gasteiger partial charge on any atom is 0.309 e. The summed E-state index contributed by atoms with van der Waals surface area (Å²) in [6.45, 7) is 4.53. The highest BCUT2D eigenvalue weighted by atomic mass is 32.2. The number of carbonyl (C=O) groups is 1. The third-order valence-electron chi connectivity index (χ3n) is 5.98. The van der Waals surface area contributed by atoms with E-state index in [-0.39, 0.29) is 10.9 Å². The van der Waals surface area contributed by atoms with E-state index in [1.807, 2.05) is 49.4 Å². The van der Waals surface area contributed by atoms with Crippen molar-refractivity contribution in [3.63, 3.8) is 0 Å². The Morgan fingerprint density at radius 2 is 1.59 bits per heavy atom. The summed E-state index contributed by atoms with van der Waals surface area (Å²) in [5.74, 6) is 0.206. The number of ether oxygens (including phenoxy) is 1. The molecule has 0 radical (unpaired) electrons. The minimum atomic E-state index is -3.66. The monoisotopic (exact) mass is 485 g/mol. The van der Waals surface area contributed by atoms with Crippen molar-refractivity contribution in [1.82, 2.24) is 0 Å². The number of nitrogens with two attached hydrogens (primary N) is 1. The average molecular weight is 486 g/mol. The lowest BCUT2D eigenvalue weighted by Crippen LogP contribution is -2.12. The van der Waals surface area contributed by atoms with E-state index in [4.69, 9.17) is 9.88 Å². The van der Waals surface area contributed by atoms with Crippen molar-refractivity contribution in [3.8, 4) is 0 Å². The van der Waals surface area contributed by atoms with E-state index < -0.39 is 10.0 Å². The second-order valence-electron chi connectivity index (χ2n) is 8.91. The van der Waals surface area contributed by atoms with Crippen LogP contribution in [0.15, 0.2) is 65.6 Å². The van der Waals surface area contributed by atoms with Crippen LogP contribution in [-0.2, 0) is 26.2 Å². The minimum absolute atomic E-state index is 0.158. The zero-order chi connectivity index (χ0) is 24.8. The summed E-state index contributed by atoms with van der Waals surface area (Å²) in [7, 11) is -3.66. The van der Waals surface area contributed by atoms with E-state index in [9.17, 15) is 13.2 Å². The quantitative estimate of drug-likeness (QED) is 0.176. The third kappa shape index (κ3) is 10.7. The molecule has 186 valence electrons. The van der Waals surface area contributed by atoms with Crippen molar-refractivity contribution >= 4 is 16.0 Å². The van der Waals surface area contributed by atoms with Gasteiger partial charge in [0.1, 0.15) is 6.61 Å². The van der Waals surface area contributed by atoms with Crippen molar-refractivity contribution in [1.29, 1.82) is 0 Å². The van der Waals surface area contributed by atoms with Crippen LogP contribution in [0.25, 0.3) is 0 Å². The molecule has 0 amide bonds. The molecule has 0 saturated heterocycles. The molecule has 1 atom stereocenters. The van der Waals surface area contributed by atoms with Crippen LogP contribution in [0.2, 0.25) is 0 Å². The van der Waals surface area contributed by atoms with E-state index in [2.05, 4.69) is 13.0 Å². The number of hydrogen-bond acceptors (Lipinski definition) is 4. The highest BCUT2D eigenvalue weighted by molar-refractivity contribution is 7.89. The molecule has 0 heterocycles. The molecule has 6 heteroatoms. The van der Waals surface area contributed by atoms with Gasteiger partial charge in [0.25, 0.3) is 0 Å².